The predicted octanol–water partition coefficient (Wildman–Crippen LogP) is 12.7. The summed E-state index contributed by atoms with van der Waals surface area (Å²) in [7, 11) is 0. The van der Waals surface area contributed by atoms with E-state index in [2.05, 4.69) is 176 Å². The third-order valence-corrected chi connectivity index (χ3v) is 9.74. The Morgan fingerprint density at radius 2 is 0.979 bits per heavy atom. The Morgan fingerprint density at radius 3 is 1.67 bits per heavy atom. The van der Waals surface area contributed by atoms with Crippen molar-refractivity contribution in [2.24, 2.45) is 0 Å². The number of pyridine rings is 1. The highest BCUT2D eigenvalue weighted by atomic mass is 14.7. The molecule has 8 aromatic rings. The van der Waals surface area contributed by atoms with Gasteiger partial charge < -0.3 is 0 Å². The smallest absolute Gasteiger partial charge is 0.0715 e. The number of nitrogens with zero attached hydrogens (tertiary/aromatic N) is 1. The molecule has 0 amide bonds. The van der Waals surface area contributed by atoms with Crippen LogP contribution in [0, 0.1) is 0 Å². The molecule has 1 heteroatoms. The summed E-state index contributed by atoms with van der Waals surface area (Å²) in [4.78, 5) is 5.09. The van der Waals surface area contributed by atoms with Gasteiger partial charge in [0, 0.05) is 11.1 Å². The van der Waals surface area contributed by atoms with Crippen molar-refractivity contribution in [3.63, 3.8) is 0 Å². The Bertz CT molecular complexity index is 2410. The van der Waals surface area contributed by atoms with Gasteiger partial charge in [-0.3, -0.25) is 0 Å². The molecule has 0 saturated heterocycles. The summed E-state index contributed by atoms with van der Waals surface area (Å²) in [5.74, 6) is 0. The van der Waals surface area contributed by atoms with E-state index in [0.717, 1.165) is 40.9 Å². The van der Waals surface area contributed by atoms with Gasteiger partial charge in [-0.15, -0.1) is 0 Å². The van der Waals surface area contributed by atoms with Crippen molar-refractivity contribution < 1.29 is 0 Å². The van der Waals surface area contributed by atoms with Gasteiger partial charge in [-0.2, -0.15) is 0 Å². The molecule has 0 spiro atoms. The third-order valence-electron chi connectivity index (χ3n) is 9.74. The van der Waals surface area contributed by atoms with Crippen LogP contribution in [0.2, 0.25) is 0 Å². The lowest BCUT2D eigenvalue weighted by molar-refractivity contribution is 0.991. The molecule has 48 heavy (non-hydrogen) atoms. The number of rotatable bonds is 5. The highest BCUT2D eigenvalue weighted by Crippen LogP contribution is 2.46. The fourth-order valence-electron chi connectivity index (χ4n) is 7.49. The maximum atomic E-state index is 5.09. The molecule has 1 aromatic heterocycles. The first-order valence-electron chi connectivity index (χ1n) is 16.8. The summed E-state index contributed by atoms with van der Waals surface area (Å²) in [5, 5.41) is 5.18. The van der Waals surface area contributed by atoms with Crippen LogP contribution in [0.3, 0.4) is 0 Å². The Morgan fingerprint density at radius 1 is 0.417 bits per heavy atom. The summed E-state index contributed by atoms with van der Waals surface area (Å²) in [5.41, 5.74) is 14.6. The van der Waals surface area contributed by atoms with Crippen LogP contribution < -0.4 is 0 Å². The minimum atomic E-state index is 0.979. The van der Waals surface area contributed by atoms with E-state index >= 15 is 0 Å². The molecule has 0 N–H and O–H groups in total. The first kappa shape index (κ1) is 28.2. The van der Waals surface area contributed by atoms with Crippen LogP contribution in [0.4, 0.5) is 0 Å². The zero-order chi connectivity index (χ0) is 31.9. The molecule has 0 saturated carbocycles. The first-order chi connectivity index (χ1) is 23.8. The lowest BCUT2D eigenvalue weighted by Gasteiger charge is -2.24. The highest BCUT2D eigenvalue weighted by molar-refractivity contribution is 6.13. The summed E-state index contributed by atoms with van der Waals surface area (Å²) >= 11 is 0. The van der Waals surface area contributed by atoms with E-state index in [-0.39, 0.29) is 0 Å². The van der Waals surface area contributed by atoms with E-state index in [1.807, 2.05) is 0 Å². The van der Waals surface area contributed by atoms with Gasteiger partial charge in [0.15, 0.2) is 0 Å². The molecule has 1 aliphatic carbocycles. The number of hydrogen-bond acceptors (Lipinski definition) is 1. The Kier molecular flexibility index (Phi) is 7.02. The lowest BCUT2D eigenvalue weighted by atomic mass is 9.79. The number of hydrogen-bond donors (Lipinski definition) is 0. The first-order valence-corrected chi connectivity index (χ1v) is 16.8. The average molecular weight is 612 g/mol. The van der Waals surface area contributed by atoms with Gasteiger partial charge in [-0.05, 0) is 91.0 Å². The molecular formula is C47H33N. The zero-order valence-electron chi connectivity index (χ0n) is 26.6. The normalized spacial score (nSPS) is 12.3. The lowest BCUT2D eigenvalue weighted by Crippen LogP contribution is -2.02. The Hall–Kier alpha value is -6.05. The Labute approximate surface area is 281 Å². The second-order valence-corrected chi connectivity index (χ2v) is 12.6. The minimum Gasteiger partial charge on any atom is -0.248 e. The molecule has 0 aliphatic heterocycles. The second kappa shape index (κ2) is 12.0. The van der Waals surface area contributed by atoms with Crippen LogP contribution >= 0.6 is 0 Å². The van der Waals surface area contributed by atoms with E-state index in [1.54, 1.807) is 0 Å². The summed E-state index contributed by atoms with van der Waals surface area (Å²) in [6, 6.07) is 59.0. The quantitative estimate of drug-likeness (QED) is 0.189. The van der Waals surface area contributed by atoms with Gasteiger partial charge in [0.25, 0.3) is 0 Å². The third kappa shape index (κ3) is 4.92. The standard InChI is InChI=1S/C47H33N/c1-3-15-34(16-4-1)44-30-37(31-45(48-44)35-17-5-2-6-18-35)32-26-28-36(29-27-32)46-40-21-9-11-23-42(40)47(43-24-12-10-22-41(43)46)39-25-13-19-33-14-7-8-20-38(33)39/h1-9,11-21,23-31H,10,22H2. The molecule has 226 valence electrons. The molecular weight excluding hydrogens is 579 g/mol. The van der Waals surface area contributed by atoms with Crippen LogP contribution in [-0.4, -0.2) is 4.98 Å². The van der Waals surface area contributed by atoms with Crippen molar-refractivity contribution in [3.05, 3.63) is 181 Å². The fraction of sp³-hybridized carbons (Fsp3) is 0.0426. The molecule has 0 fully saturated rings. The van der Waals surface area contributed by atoms with Crippen molar-refractivity contribution in [2.45, 2.75) is 12.8 Å². The van der Waals surface area contributed by atoms with E-state index in [1.165, 1.54) is 60.5 Å². The Balaban J connectivity index is 1.21. The largest absolute Gasteiger partial charge is 0.248 e. The second-order valence-electron chi connectivity index (χ2n) is 12.6. The fourth-order valence-corrected chi connectivity index (χ4v) is 7.49. The predicted molar refractivity (Wildman–Crippen MR) is 204 cm³/mol. The number of aromatic nitrogens is 1. The van der Waals surface area contributed by atoms with E-state index in [9.17, 15) is 0 Å². The molecule has 1 heterocycles. The van der Waals surface area contributed by atoms with E-state index < -0.39 is 0 Å². The average Bonchev–Trinajstić information content (AvgIpc) is 3.17. The molecule has 0 bridgehead atoms. The monoisotopic (exact) mass is 611 g/mol. The maximum absolute atomic E-state index is 5.09. The molecule has 1 nitrogen and oxygen atoms in total. The molecule has 0 unspecified atom stereocenters. The van der Waals surface area contributed by atoms with Gasteiger partial charge in [-0.25, -0.2) is 4.98 Å². The van der Waals surface area contributed by atoms with Crippen LogP contribution in [-0.2, 0) is 6.42 Å². The van der Waals surface area contributed by atoms with Gasteiger partial charge in [0.05, 0.1) is 11.4 Å². The van der Waals surface area contributed by atoms with E-state index in [0.29, 0.717) is 0 Å². The van der Waals surface area contributed by atoms with Crippen molar-refractivity contribution in [2.75, 3.05) is 0 Å². The zero-order valence-corrected chi connectivity index (χ0v) is 26.6. The van der Waals surface area contributed by atoms with Crippen LogP contribution in [0.25, 0.3) is 83.5 Å². The van der Waals surface area contributed by atoms with Gasteiger partial charge in [0.2, 0.25) is 0 Å². The number of fused-ring (bicyclic) bond motifs is 3. The van der Waals surface area contributed by atoms with Crippen molar-refractivity contribution in [3.8, 4) is 55.9 Å². The molecule has 1 aliphatic rings. The number of allylic oxidation sites excluding steroid dienone is 1. The summed E-state index contributed by atoms with van der Waals surface area (Å²) in [6.07, 6.45) is 6.79. The SMILES string of the molecule is C1=Cc2c(c(-c3ccc(-c4cc(-c5ccccc5)nc(-c5ccccc5)c4)cc3)c3ccccc3c2-c2cccc3ccccc23)CC1. The highest BCUT2D eigenvalue weighted by Gasteiger charge is 2.22. The topological polar surface area (TPSA) is 12.9 Å². The molecule has 7 aromatic carbocycles. The molecule has 0 atom stereocenters. The van der Waals surface area contributed by atoms with Gasteiger partial charge in [-0.1, -0.05) is 164 Å². The van der Waals surface area contributed by atoms with Crippen molar-refractivity contribution in [1.82, 2.24) is 4.98 Å². The van der Waals surface area contributed by atoms with Gasteiger partial charge in [0.1, 0.15) is 0 Å². The van der Waals surface area contributed by atoms with Crippen LogP contribution in [0.1, 0.15) is 17.5 Å². The van der Waals surface area contributed by atoms with E-state index in [4.69, 9.17) is 4.98 Å². The van der Waals surface area contributed by atoms with Crippen molar-refractivity contribution >= 4 is 27.6 Å². The van der Waals surface area contributed by atoms with Crippen LogP contribution in [0.5, 0.6) is 0 Å². The van der Waals surface area contributed by atoms with Crippen LogP contribution in [0.15, 0.2) is 170 Å². The molecule has 9 rings (SSSR count). The minimum absolute atomic E-state index is 0.979. The van der Waals surface area contributed by atoms with Crippen molar-refractivity contribution in [1.29, 1.82) is 0 Å². The molecule has 0 radical (unpaired) electrons. The number of benzene rings is 7. The summed E-state index contributed by atoms with van der Waals surface area (Å²) in [6.45, 7) is 0. The maximum Gasteiger partial charge on any atom is 0.0715 e. The van der Waals surface area contributed by atoms with Gasteiger partial charge >= 0.3 is 0 Å². The summed E-state index contributed by atoms with van der Waals surface area (Å²) < 4.78 is 0.